The molecule has 0 bridgehead atoms. The number of carbonyl (C=O) groups is 2. The predicted octanol–water partition coefficient (Wildman–Crippen LogP) is 5.02. The van der Waals surface area contributed by atoms with Crippen LogP contribution in [0.1, 0.15) is 36.0 Å². The Balaban J connectivity index is 0.000000479. The largest absolute Gasteiger partial charge is 0.490 e. The molecule has 1 aliphatic rings. The number of nitrogens with zero attached hydrogens (tertiary/aromatic N) is 1. The van der Waals surface area contributed by atoms with E-state index >= 15 is 0 Å². The van der Waals surface area contributed by atoms with E-state index in [4.69, 9.17) is 9.90 Å². The van der Waals surface area contributed by atoms with Gasteiger partial charge in [0.15, 0.2) is 0 Å². The van der Waals surface area contributed by atoms with Gasteiger partial charge in [0.1, 0.15) is 4.21 Å². The van der Waals surface area contributed by atoms with E-state index < -0.39 is 28.1 Å². The summed E-state index contributed by atoms with van der Waals surface area (Å²) in [5, 5.41) is 16.4. The van der Waals surface area contributed by atoms with Gasteiger partial charge < -0.3 is 15.1 Å². The molecule has 1 fully saturated rings. The minimum absolute atomic E-state index is 0.0497. The Morgan fingerprint density at radius 3 is 2.06 bits per heavy atom. The lowest BCUT2D eigenvalue weighted by Crippen LogP contribution is -2.26. The molecule has 0 radical (unpaired) electrons. The molecule has 1 aromatic heterocycles. The van der Waals surface area contributed by atoms with Crippen molar-refractivity contribution in [3.63, 3.8) is 0 Å². The Kier molecular flexibility index (Phi) is 9.14. The van der Waals surface area contributed by atoms with Gasteiger partial charge in [0, 0.05) is 13.1 Å². The van der Waals surface area contributed by atoms with Crippen molar-refractivity contribution in [3.05, 3.63) is 39.7 Å². The maximum absolute atomic E-state index is 12.7. The molecule has 3 rings (SSSR count). The highest BCUT2D eigenvalue weighted by atomic mass is 79.9. The van der Waals surface area contributed by atoms with Crippen molar-refractivity contribution in [1.82, 2.24) is 0 Å². The third kappa shape index (κ3) is 7.89. The lowest BCUT2D eigenvalue weighted by atomic mass is 10.1. The molecule has 3 N–H and O–H groups in total. The van der Waals surface area contributed by atoms with Crippen LogP contribution < -0.4 is 9.62 Å². The van der Waals surface area contributed by atoms with Crippen molar-refractivity contribution in [1.29, 1.82) is 0 Å². The molecule has 14 heteroatoms. The number of benzene rings is 1. The number of carboxylic acids is 2. The molecule has 0 atom stereocenters. The van der Waals surface area contributed by atoms with Gasteiger partial charge >= 0.3 is 18.1 Å². The summed E-state index contributed by atoms with van der Waals surface area (Å²) in [7, 11) is -3.79. The summed E-state index contributed by atoms with van der Waals surface area (Å²) in [6.45, 7) is 1.65. The van der Waals surface area contributed by atoms with Gasteiger partial charge in [0.25, 0.3) is 10.0 Å². The average Bonchev–Trinajstić information content (AvgIpc) is 2.99. The van der Waals surface area contributed by atoms with Crippen LogP contribution in [0.5, 0.6) is 0 Å². The SMILES string of the molecule is O=C(O)C(F)(F)F.O=C(O)c1ccc(N2CCCCCC2)c(NS(=O)(=O)c2ccc(Br)s2)c1. The fourth-order valence-electron chi connectivity index (χ4n) is 2.98. The second-order valence-corrected chi connectivity index (χ2v) is 11.3. The summed E-state index contributed by atoms with van der Waals surface area (Å²) in [6, 6.07) is 7.79. The second kappa shape index (κ2) is 11.2. The number of aliphatic carboxylic acids is 1. The van der Waals surface area contributed by atoms with Crippen LogP contribution in [0.3, 0.4) is 0 Å². The smallest absolute Gasteiger partial charge is 0.478 e. The highest BCUT2D eigenvalue weighted by molar-refractivity contribution is 9.11. The topological polar surface area (TPSA) is 124 Å². The molecule has 33 heavy (non-hydrogen) atoms. The predicted molar refractivity (Wildman–Crippen MR) is 121 cm³/mol. The zero-order valence-corrected chi connectivity index (χ0v) is 20.2. The van der Waals surface area contributed by atoms with Crippen LogP contribution in [0.4, 0.5) is 24.5 Å². The van der Waals surface area contributed by atoms with E-state index in [9.17, 15) is 31.5 Å². The fourth-order valence-corrected chi connectivity index (χ4v) is 6.05. The number of nitrogens with one attached hydrogen (secondary N) is 1. The molecule has 0 aliphatic carbocycles. The fraction of sp³-hybridized carbons (Fsp3) is 0.368. The third-order valence-corrected chi connectivity index (χ3v) is 7.97. The number of aromatic carboxylic acids is 1. The van der Waals surface area contributed by atoms with Crippen LogP contribution in [0.15, 0.2) is 38.3 Å². The van der Waals surface area contributed by atoms with Gasteiger partial charge in [-0.25, -0.2) is 18.0 Å². The number of hydrogen-bond donors (Lipinski definition) is 3. The number of sulfonamides is 1. The van der Waals surface area contributed by atoms with Crippen molar-refractivity contribution in [2.75, 3.05) is 22.7 Å². The molecule has 8 nitrogen and oxygen atoms in total. The lowest BCUT2D eigenvalue weighted by Gasteiger charge is -2.26. The van der Waals surface area contributed by atoms with Gasteiger partial charge in [0.2, 0.25) is 0 Å². The number of rotatable bonds is 5. The molecule has 2 heterocycles. The standard InChI is InChI=1S/C17H19BrN2O4S2.C2HF3O2/c18-15-7-8-16(25-15)26(23,24)19-13-11-12(17(21)22)5-6-14(13)20-9-3-1-2-4-10-20;3-2(4,5)1(6)7/h5-8,11,19H,1-4,9-10H2,(H,21,22);(H,6,7). The number of carboxylic acid groups (broad SMARTS) is 2. The van der Waals surface area contributed by atoms with Crippen molar-refractivity contribution >= 4 is 60.6 Å². The Bertz CT molecular complexity index is 1100. The maximum Gasteiger partial charge on any atom is 0.490 e. The first kappa shape index (κ1) is 26.9. The number of thiophene rings is 1. The summed E-state index contributed by atoms with van der Waals surface area (Å²) in [5.74, 6) is -3.85. The van der Waals surface area contributed by atoms with E-state index in [1.54, 1.807) is 12.1 Å². The summed E-state index contributed by atoms with van der Waals surface area (Å²) in [5.41, 5.74) is 1.07. The molecule has 1 saturated heterocycles. The van der Waals surface area contributed by atoms with Gasteiger partial charge in [-0.2, -0.15) is 13.2 Å². The minimum atomic E-state index is -5.08. The van der Waals surface area contributed by atoms with Crippen LogP contribution in [0.25, 0.3) is 0 Å². The molecule has 1 aromatic carbocycles. The first-order chi connectivity index (χ1) is 15.3. The second-order valence-electron chi connectivity index (χ2n) is 6.91. The molecular weight excluding hydrogens is 553 g/mol. The molecular formula is C19H20BrF3N2O6S2. The van der Waals surface area contributed by atoms with E-state index in [2.05, 4.69) is 25.6 Å². The first-order valence-corrected chi connectivity index (χ1v) is 12.6. The Labute approximate surface area is 200 Å². The van der Waals surface area contributed by atoms with E-state index in [0.29, 0.717) is 9.47 Å². The molecule has 182 valence electrons. The molecule has 0 amide bonds. The normalized spacial score (nSPS) is 14.6. The summed E-state index contributed by atoms with van der Waals surface area (Å²) < 4.78 is 60.6. The van der Waals surface area contributed by atoms with E-state index in [-0.39, 0.29) is 9.77 Å². The number of anilines is 2. The number of halogens is 4. The van der Waals surface area contributed by atoms with Crippen LogP contribution in [0.2, 0.25) is 0 Å². The van der Waals surface area contributed by atoms with E-state index in [1.807, 2.05) is 0 Å². The van der Waals surface area contributed by atoms with Gasteiger partial charge in [-0.3, -0.25) is 4.72 Å². The zero-order valence-electron chi connectivity index (χ0n) is 16.9. The van der Waals surface area contributed by atoms with E-state index in [0.717, 1.165) is 55.8 Å². The van der Waals surface area contributed by atoms with Gasteiger partial charge in [-0.1, -0.05) is 12.8 Å². The van der Waals surface area contributed by atoms with Crippen LogP contribution in [-0.2, 0) is 14.8 Å². The van der Waals surface area contributed by atoms with Crippen molar-refractivity contribution in [2.45, 2.75) is 36.1 Å². The lowest BCUT2D eigenvalue weighted by molar-refractivity contribution is -0.192. The van der Waals surface area contributed by atoms with Crippen molar-refractivity contribution in [2.24, 2.45) is 0 Å². The van der Waals surface area contributed by atoms with Gasteiger partial charge in [-0.05, 0) is 59.1 Å². The number of alkyl halides is 3. The molecule has 2 aromatic rings. The molecule has 0 spiro atoms. The van der Waals surface area contributed by atoms with Crippen LogP contribution >= 0.6 is 27.3 Å². The van der Waals surface area contributed by atoms with Crippen LogP contribution in [0, 0.1) is 0 Å². The summed E-state index contributed by atoms with van der Waals surface area (Å²) in [6.07, 6.45) is -0.725. The Morgan fingerprint density at radius 1 is 1.03 bits per heavy atom. The summed E-state index contributed by atoms with van der Waals surface area (Å²) in [4.78, 5) is 22.4. The highest BCUT2D eigenvalue weighted by Gasteiger charge is 2.38. The molecule has 1 aliphatic heterocycles. The third-order valence-electron chi connectivity index (χ3n) is 4.49. The van der Waals surface area contributed by atoms with Crippen LogP contribution in [-0.4, -0.2) is 49.8 Å². The average molecular weight is 573 g/mol. The molecule has 0 saturated carbocycles. The number of hydrogen-bond acceptors (Lipinski definition) is 6. The van der Waals surface area contributed by atoms with Gasteiger partial charge in [-0.15, -0.1) is 11.3 Å². The first-order valence-electron chi connectivity index (χ1n) is 9.52. The Hall–Kier alpha value is -2.32. The highest BCUT2D eigenvalue weighted by Crippen LogP contribution is 2.33. The Morgan fingerprint density at radius 2 is 1.61 bits per heavy atom. The maximum atomic E-state index is 12.7. The minimum Gasteiger partial charge on any atom is -0.478 e. The van der Waals surface area contributed by atoms with E-state index in [1.165, 1.54) is 18.2 Å². The quantitative estimate of drug-likeness (QED) is 0.459. The molecule has 0 unspecified atom stereocenters. The van der Waals surface area contributed by atoms with Gasteiger partial charge in [0.05, 0.1) is 20.7 Å². The monoisotopic (exact) mass is 572 g/mol. The van der Waals surface area contributed by atoms with Crippen molar-refractivity contribution in [3.8, 4) is 0 Å². The zero-order chi connectivity index (χ0) is 24.8. The van der Waals surface area contributed by atoms with Crippen molar-refractivity contribution < 1.29 is 41.4 Å². The summed E-state index contributed by atoms with van der Waals surface area (Å²) >= 11 is 4.37.